The Labute approximate surface area is 106 Å². The Hall–Kier alpha value is -1.96. The summed E-state index contributed by atoms with van der Waals surface area (Å²) < 4.78 is 47.6. The molecule has 0 saturated carbocycles. The molecule has 0 fully saturated rings. The van der Waals surface area contributed by atoms with Crippen molar-refractivity contribution in [3.05, 3.63) is 23.8 Å². The molecule has 1 atom stereocenters. The fourth-order valence-corrected chi connectivity index (χ4v) is 1.48. The minimum Gasteiger partial charge on any atom is -0.495 e. The molecule has 0 spiro atoms. The molecule has 0 heterocycles. The molecular formula is C11H12F3NO4. The average molecular weight is 279 g/mol. The molecule has 0 aliphatic heterocycles. The van der Waals surface area contributed by atoms with E-state index in [0.29, 0.717) is 0 Å². The Morgan fingerprint density at radius 3 is 2.32 bits per heavy atom. The maximum atomic E-state index is 12.9. The number of esters is 1. The van der Waals surface area contributed by atoms with E-state index in [0.717, 1.165) is 25.3 Å². The van der Waals surface area contributed by atoms with Crippen molar-refractivity contribution in [2.75, 3.05) is 20.0 Å². The Morgan fingerprint density at radius 1 is 1.32 bits per heavy atom. The third-order valence-corrected chi connectivity index (χ3v) is 2.54. The molecule has 0 aromatic heterocycles. The Morgan fingerprint density at radius 2 is 1.89 bits per heavy atom. The molecule has 5 nitrogen and oxygen atoms in total. The number of carbonyl (C=O) groups is 1. The van der Waals surface area contributed by atoms with Crippen LogP contribution in [0.25, 0.3) is 0 Å². The van der Waals surface area contributed by atoms with Crippen molar-refractivity contribution in [2.45, 2.75) is 11.8 Å². The average Bonchev–Trinajstić information content (AvgIpc) is 2.36. The lowest BCUT2D eigenvalue weighted by molar-refractivity contribution is -0.266. The van der Waals surface area contributed by atoms with Crippen LogP contribution < -0.4 is 10.5 Å². The van der Waals surface area contributed by atoms with Crippen LogP contribution in [0.4, 0.5) is 18.9 Å². The summed E-state index contributed by atoms with van der Waals surface area (Å²) in [4.78, 5) is 11.3. The highest BCUT2D eigenvalue weighted by Crippen LogP contribution is 2.41. The van der Waals surface area contributed by atoms with Gasteiger partial charge in [-0.15, -0.1) is 0 Å². The second-order valence-corrected chi connectivity index (χ2v) is 3.66. The van der Waals surface area contributed by atoms with E-state index in [2.05, 4.69) is 4.74 Å². The SMILES string of the molecule is COC(=O)[C@@](O)(c1ccc(N)c(OC)c1)C(F)(F)F. The number of benzene rings is 1. The first kappa shape index (κ1) is 15.1. The van der Waals surface area contributed by atoms with Gasteiger partial charge >= 0.3 is 12.1 Å². The highest BCUT2D eigenvalue weighted by Gasteiger charge is 2.62. The molecule has 0 aliphatic rings. The van der Waals surface area contributed by atoms with Crippen LogP contribution in [0.1, 0.15) is 5.56 Å². The molecule has 1 aromatic carbocycles. The Kier molecular flexibility index (Phi) is 3.94. The van der Waals surface area contributed by atoms with Crippen molar-refractivity contribution in [1.82, 2.24) is 0 Å². The summed E-state index contributed by atoms with van der Waals surface area (Å²) in [6.07, 6.45) is -5.25. The van der Waals surface area contributed by atoms with E-state index in [9.17, 15) is 23.1 Å². The molecule has 1 aromatic rings. The summed E-state index contributed by atoms with van der Waals surface area (Å²) >= 11 is 0. The first-order valence-electron chi connectivity index (χ1n) is 5.00. The van der Waals surface area contributed by atoms with Crippen molar-refractivity contribution in [3.8, 4) is 5.75 Å². The minimum atomic E-state index is -5.25. The normalized spacial score (nSPS) is 14.6. The predicted molar refractivity (Wildman–Crippen MR) is 59.4 cm³/mol. The van der Waals surface area contributed by atoms with E-state index in [1.54, 1.807) is 0 Å². The topological polar surface area (TPSA) is 81.8 Å². The molecule has 0 unspecified atom stereocenters. The van der Waals surface area contributed by atoms with Gasteiger partial charge in [0.25, 0.3) is 5.60 Å². The Bertz CT molecular complexity index is 489. The van der Waals surface area contributed by atoms with Crippen LogP contribution in [0.2, 0.25) is 0 Å². The lowest BCUT2D eigenvalue weighted by Crippen LogP contribution is -2.49. The lowest BCUT2D eigenvalue weighted by Gasteiger charge is -2.28. The molecule has 0 radical (unpaired) electrons. The van der Waals surface area contributed by atoms with Crippen LogP contribution in [0.15, 0.2) is 18.2 Å². The smallest absolute Gasteiger partial charge is 0.432 e. The van der Waals surface area contributed by atoms with Gasteiger partial charge in [-0.2, -0.15) is 13.2 Å². The number of halogens is 3. The molecule has 1 rings (SSSR count). The van der Waals surface area contributed by atoms with Gasteiger partial charge < -0.3 is 20.3 Å². The summed E-state index contributed by atoms with van der Waals surface area (Å²) in [6, 6.07) is 2.80. The van der Waals surface area contributed by atoms with Gasteiger partial charge in [0, 0.05) is 5.56 Å². The molecule has 0 aliphatic carbocycles. The minimum absolute atomic E-state index is 0.0700. The van der Waals surface area contributed by atoms with Crippen molar-refractivity contribution < 1.29 is 32.5 Å². The van der Waals surface area contributed by atoms with E-state index >= 15 is 0 Å². The molecule has 19 heavy (non-hydrogen) atoms. The van der Waals surface area contributed by atoms with Crippen molar-refractivity contribution in [2.24, 2.45) is 0 Å². The fraction of sp³-hybridized carbons (Fsp3) is 0.364. The summed E-state index contributed by atoms with van der Waals surface area (Å²) in [5, 5.41) is 9.70. The summed E-state index contributed by atoms with van der Waals surface area (Å²) in [7, 11) is 1.94. The molecule has 0 amide bonds. The summed E-state index contributed by atoms with van der Waals surface area (Å²) in [5.74, 6) is -1.93. The summed E-state index contributed by atoms with van der Waals surface area (Å²) in [5.41, 5.74) is 1.01. The van der Waals surface area contributed by atoms with Crippen LogP contribution in [-0.2, 0) is 15.1 Å². The van der Waals surface area contributed by atoms with Crippen molar-refractivity contribution >= 4 is 11.7 Å². The zero-order valence-electron chi connectivity index (χ0n) is 10.1. The third kappa shape index (κ3) is 2.43. The molecule has 106 valence electrons. The van der Waals surface area contributed by atoms with Gasteiger partial charge in [0.2, 0.25) is 0 Å². The maximum absolute atomic E-state index is 12.9. The van der Waals surface area contributed by atoms with Crippen LogP contribution in [0.3, 0.4) is 0 Å². The number of anilines is 1. The molecule has 3 N–H and O–H groups in total. The van der Waals surface area contributed by atoms with Crippen LogP contribution in [-0.4, -0.2) is 31.5 Å². The van der Waals surface area contributed by atoms with Gasteiger partial charge in [0.15, 0.2) is 0 Å². The van der Waals surface area contributed by atoms with Crippen molar-refractivity contribution in [3.63, 3.8) is 0 Å². The standard InChI is InChI=1S/C11H12F3NO4/c1-18-8-5-6(3-4-7(8)15)10(17,9(16)19-2)11(12,13)14/h3-5,17H,15H2,1-2H3/t10-/m0/s1. The largest absolute Gasteiger partial charge is 0.495 e. The second kappa shape index (κ2) is 4.96. The fourth-order valence-electron chi connectivity index (χ4n) is 1.48. The van der Waals surface area contributed by atoms with Gasteiger partial charge in [-0.25, -0.2) is 4.79 Å². The monoisotopic (exact) mass is 279 g/mol. The van der Waals surface area contributed by atoms with Crippen LogP contribution >= 0.6 is 0 Å². The van der Waals surface area contributed by atoms with E-state index in [1.165, 1.54) is 7.11 Å². The van der Waals surface area contributed by atoms with Gasteiger partial charge in [0.1, 0.15) is 5.75 Å². The van der Waals surface area contributed by atoms with Crippen molar-refractivity contribution in [1.29, 1.82) is 0 Å². The first-order chi connectivity index (χ1) is 8.68. The zero-order chi connectivity index (χ0) is 14.8. The van der Waals surface area contributed by atoms with Gasteiger partial charge in [-0.05, 0) is 12.1 Å². The number of hydrogen-bond acceptors (Lipinski definition) is 5. The predicted octanol–water partition coefficient (Wildman–Crippen LogP) is 1.20. The first-order valence-corrected chi connectivity index (χ1v) is 5.00. The molecule has 8 heteroatoms. The lowest BCUT2D eigenvalue weighted by atomic mass is 9.92. The number of rotatable bonds is 3. The Balaban J connectivity index is 3.47. The highest BCUT2D eigenvalue weighted by molar-refractivity contribution is 5.82. The van der Waals surface area contributed by atoms with E-state index < -0.39 is 23.3 Å². The zero-order valence-corrected chi connectivity index (χ0v) is 10.1. The van der Waals surface area contributed by atoms with E-state index in [4.69, 9.17) is 10.5 Å². The van der Waals surface area contributed by atoms with E-state index in [-0.39, 0.29) is 11.4 Å². The summed E-state index contributed by atoms with van der Waals surface area (Å²) in [6.45, 7) is 0. The molecule has 0 saturated heterocycles. The highest BCUT2D eigenvalue weighted by atomic mass is 19.4. The number of nitrogens with two attached hydrogens (primary N) is 1. The number of aliphatic hydroxyl groups is 1. The number of methoxy groups -OCH3 is 2. The second-order valence-electron chi connectivity index (χ2n) is 3.66. The third-order valence-electron chi connectivity index (χ3n) is 2.54. The van der Waals surface area contributed by atoms with Crippen LogP contribution in [0.5, 0.6) is 5.75 Å². The molecule has 0 bridgehead atoms. The quantitative estimate of drug-likeness (QED) is 0.642. The van der Waals surface area contributed by atoms with Gasteiger partial charge in [-0.1, -0.05) is 6.07 Å². The number of hydrogen-bond donors (Lipinski definition) is 2. The van der Waals surface area contributed by atoms with Crippen LogP contribution in [0, 0.1) is 0 Å². The number of ether oxygens (including phenoxy) is 2. The molecular weight excluding hydrogens is 267 g/mol. The number of nitrogen functional groups attached to an aromatic ring is 1. The number of carbonyl (C=O) groups excluding carboxylic acids is 1. The van der Waals surface area contributed by atoms with E-state index in [1.807, 2.05) is 0 Å². The van der Waals surface area contributed by atoms with Gasteiger partial charge in [-0.3, -0.25) is 0 Å². The number of alkyl halides is 3. The maximum Gasteiger partial charge on any atom is 0.432 e. The van der Waals surface area contributed by atoms with Gasteiger partial charge in [0.05, 0.1) is 19.9 Å².